The lowest BCUT2D eigenvalue weighted by Crippen LogP contribution is -2.36. The van der Waals surface area contributed by atoms with Gasteiger partial charge in [0, 0.05) is 25.2 Å². The Bertz CT molecular complexity index is 81.8. The first-order valence-corrected chi connectivity index (χ1v) is 5.17. The van der Waals surface area contributed by atoms with Gasteiger partial charge in [0.1, 0.15) is 0 Å². The molecule has 0 radical (unpaired) electrons. The maximum atomic E-state index is 3.45. The maximum absolute atomic E-state index is 3.45. The molecule has 0 bridgehead atoms. The number of rotatable bonds is 7. The van der Waals surface area contributed by atoms with E-state index in [-0.39, 0.29) is 0 Å². The Kier molecular flexibility index (Phi) is 7.51. The van der Waals surface area contributed by atoms with Gasteiger partial charge in [0.05, 0.1) is 0 Å². The first-order valence-electron chi connectivity index (χ1n) is 5.17. The average molecular weight is 172 g/mol. The molecule has 0 aliphatic heterocycles. The number of hydrogen-bond donors (Lipinski definition) is 2. The normalized spacial score (nSPS) is 16.0. The van der Waals surface area contributed by atoms with Gasteiger partial charge in [-0.05, 0) is 26.7 Å². The third kappa shape index (κ3) is 6.62. The van der Waals surface area contributed by atoms with Gasteiger partial charge in [-0.1, -0.05) is 13.8 Å². The molecule has 2 atom stereocenters. The van der Waals surface area contributed by atoms with E-state index in [4.69, 9.17) is 0 Å². The van der Waals surface area contributed by atoms with Crippen LogP contribution in [0.2, 0.25) is 0 Å². The fourth-order valence-corrected chi connectivity index (χ4v) is 0.926. The lowest BCUT2D eigenvalue weighted by atomic mass is 10.2. The van der Waals surface area contributed by atoms with E-state index in [1.165, 1.54) is 12.8 Å². The van der Waals surface area contributed by atoms with Crippen molar-refractivity contribution in [3.05, 3.63) is 0 Å². The van der Waals surface area contributed by atoms with Gasteiger partial charge in [0.25, 0.3) is 0 Å². The van der Waals surface area contributed by atoms with Crippen molar-refractivity contribution in [2.75, 3.05) is 13.1 Å². The molecule has 0 rings (SSSR count). The minimum atomic E-state index is 0.656. The summed E-state index contributed by atoms with van der Waals surface area (Å²) in [6.45, 7) is 11.0. The fourth-order valence-electron chi connectivity index (χ4n) is 0.926. The molecule has 2 nitrogen and oxygen atoms in total. The highest BCUT2D eigenvalue weighted by atomic mass is 15.0. The first kappa shape index (κ1) is 11.9. The monoisotopic (exact) mass is 172 g/mol. The Morgan fingerprint density at radius 1 is 0.833 bits per heavy atom. The highest BCUT2D eigenvalue weighted by Gasteiger charge is 1.97. The van der Waals surface area contributed by atoms with E-state index in [2.05, 4.69) is 38.3 Å². The van der Waals surface area contributed by atoms with Crippen LogP contribution in [-0.4, -0.2) is 25.2 Å². The molecule has 0 saturated heterocycles. The maximum Gasteiger partial charge on any atom is 0.00793 e. The van der Waals surface area contributed by atoms with Gasteiger partial charge in [0.15, 0.2) is 0 Å². The van der Waals surface area contributed by atoms with Crippen molar-refractivity contribution in [2.24, 2.45) is 0 Å². The number of nitrogens with one attached hydrogen (secondary N) is 2. The Morgan fingerprint density at radius 2 is 1.17 bits per heavy atom. The second kappa shape index (κ2) is 7.56. The lowest BCUT2D eigenvalue weighted by Gasteiger charge is -2.14. The van der Waals surface area contributed by atoms with E-state index in [0.717, 1.165) is 13.1 Å². The quantitative estimate of drug-likeness (QED) is 0.572. The minimum Gasteiger partial charge on any atom is -0.313 e. The number of hydrogen-bond acceptors (Lipinski definition) is 2. The average Bonchev–Trinajstić information content (AvgIpc) is 2.11. The molecule has 2 heteroatoms. The molecule has 74 valence electrons. The van der Waals surface area contributed by atoms with Crippen molar-refractivity contribution >= 4 is 0 Å². The van der Waals surface area contributed by atoms with Crippen LogP contribution < -0.4 is 10.6 Å². The molecule has 12 heavy (non-hydrogen) atoms. The lowest BCUT2D eigenvalue weighted by molar-refractivity contribution is 0.481. The summed E-state index contributed by atoms with van der Waals surface area (Å²) in [7, 11) is 0. The molecule has 0 aromatic rings. The second-order valence-corrected chi connectivity index (χ2v) is 3.53. The third-order valence-corrected chi connectivity index (χ3v) is 2.34. The minimum absolute atomic E-state index is 0.656. The van der Waals surface area contributed by atoms with Crippen molar-refractivity contribution in [3.63, 3.8) is 0 Å². The van der Waals surface area contributed by atoms with Crippen LogP contribution in [0.4, 0.5) is 0 Å². The molecule has 0 aromatic carbocycles. The molecule has 2 N–H and O–H groups in total. The zero-order valence-electron chi connectivity index (χ0n) is 8.98. The summed E-state index contributed by atoms with van der Waals surface area (Å²) in [4.78, 5) is 0. The Balaban J connectivity index is 3.10. The fraction of sp³-hybridized carbons (Fsp3) is 1.00. The van der Waals surface area contributed by atoms with Crippen LogP contribution in [0.5, 0.6) is 0 Å². The van der Waals surface area contributed by atoms with Crippen molar-refractivity contribution in [3.8, 4) is 0 Å². The van der Waals surface area contributed by atoms with Crippen LogP contribution in [0.1, 0.15) is 40.5 Å². The molecule has 0 aliphatic rings. The summed E-state index contributed by atoms with van der Waals surface area (Å²) in [5, 5.41) is 6.90. The molecule has 0 spiro atoms. The molecular formula is C10H24N2. The van der Waals surface area contributed by atoms with Crippen molar-refractivity contribution < 1.29 is 0 Å². The molecule has 0 amide bonds. The Hall–Kier alpha value is -0.0800. The molecule has 0 aliphatic carbocycles. The van der Waals surface area contributed by atoms with E-state index >= 15 is 0 Å². The van der Waals surface area contributed by atoms with Gasteiger partial charge in [0.2, 0.25) is 0 Å². The third-order valence-electron chi connectivity index (χ3n) is 2.34. The van der Waals surface area contributed by atoms with Gasteiger partial charge in [-0.3, -0.25) is 0 Å². The summed E-state index contributed by atoms with van der Waals surface area (Å²) in [5.41, 5.74) is 0. The first-order chi connectivity index (χ1) is 5.70. The Morgan fingerprint density at radius 3 is 1.42 bits per heavy atom. The highest BCUT2D eigenvalue weighted by Crippen LogP contribution is 1.87. The van der Waals surface area contributed by atoms with Crippen LogP contribution in [0.25, 0.3) is 0 Å². The van der Waals surface area contributed by atoms with Crippen LogP contribution in [0.15, 0.2) is 0 Å². The predicted molar refractivity (Wildman–Crippen MR) is 55.5 cm³/mol. The van der Waals surface area contributed by atoms with Gasteiger partial charge < -0.3 is 10.6 Å². The molecule has 0 unspecified atom stereocenters. The zero-order valence-corrected chi connectivity index (χ0v) is 8.98. The van der Waals surface area contributed by atoms with E-state index < -0.39 is 0 Å². The van der Waals surface area contributed by atoms with Crippen molar-refractivity contribution in [1.29, 1.82) is 0 Å². The molecular weight excluding hydrogens is 148 g/mol. The summed E-state index contributed by atoms with van der Waals surface area (Å²) in [5.74, 6) is 0. The SMILES string of the molecule is CC[C@@H](C)NCCN[C@H](C)CC. The molecule has 0 heterocycles. The summed E-state index contributed by atoms with van der Waals surface area (Å²) in [6.07, 6.45) is 2.42. The van der Waals surface area contributed by atoms with Gasteiger partial charge in [-0.25, -0.2) is 0 Å². The Labute approximate surface area is 77.1 Å². The van der Waals surface area contributed by atoms with Crippen LogP contribution >= 0.6 is 0 Å². The van der Waals surface area contributed by atoms with Crippen molar-refractivity contribution in [1.82, 2.24) is 10.6 Å². The van der Waals surface area contributed by atoms with E-state index in [9.17, 15) is 0 Å². The van der Waals surface area contributed by atoms with Crippen LogP contribution in [0.3, 0.4) is 0 Å². The van der Waals surface area contributed by atoms with E-state index in [0.29, 0.717) is 12.1 Å². The van der Waals surface area contributed by atoms with E-state index in [1.807, 2.05) is 0 Å². The molecule has 0 aromatic heterocycles. The standard InChI is InChI=1S/C10H24N2/c1-5-9(3)11-7-8-12-10(4)6-2/h9-12H,5-8H2,1-4H3/t9-,10-/m1/s1. The summed E-state index contributed by atoms with van der Waals surface area (Å²) >= 11 is 0. The van der Waals surface area contributed by atoms with Crippen LogP contribution in [-0.2, 0) is 0 Å². The molecule has 0 fully saturated rings. The van der Waals surface area contributed by atoms with Crippen molar-refractivity contribution in [2.45, 2.75) is 52.6 Å². The van der Waals surface area contributed by atoms with Gasteiger partial charge in [-0.2, -0.15) is 0 Å². The zero-order chi connectivity index (χ0) is 9.40. The summed E-state index contributed by atoms with van der Waals surface area (Å²) in [6, 6.07) is 1.31. The molecule has 0 saturated carbocycles. The smallest absolute Gasteiger partial charge is 0.00793 e. The topological polar surface area (TPSA) is 24.1 Å². The second-order valence-electron chi connectivity index (χ2n) is 3.53. The van der Waals surface area contributed by atoms with Gasteiger partial charge in [-0.15, -0.1) is 0 Å². The largest absolute Gasteiger partial charge is 0.313 e. The van der Waals surface area contributed by atoms with Crippen LogP contribution in [0, 0.1) is 0 Å². The summed E-state index contributed by atoms with van der Waals surface area (Å²) < 4.78 is 0. The van der Waals surface area contributed by atoms with Gasteiger partial charge >= 0.3 is 0 Å². The predicted octanol–water partition coefficient (Wildman–Crippen LogP) is 1.76. The highest BCUT2D eigenvalue weighted by molar-refractivity contribution is 4.62. The van der Waals surface area contributed by atoms with E-state index in [1.54, 1.807) is 0 Å².